The van der Waals surface area contributed by atoms with Crippen LogP contribution in [0.4, 0.5) is 11.4 Å². The number of anilines is 2. The number of ether oxygens (including phenoxy) is 1. The van der Waals surface area contributed by atoms with Gasteiger partial charge in [-0.05, 0) is 24.3 Å². The first-order valence-corrected chi connectivity index (χ1v) is 7.10. The van der Waals surface area contributed by atoms with Gasteiger partial charge in [0, 0.05) is 12.7 Å². The van der Waals surface area contributed by atoms with E-state index in [1.54, 1.807) is 18.0 Å². The molecule has 22 heavy (non-hydrogen) atoms. The van der Waals surface area contributed by atoms with E-state index in [1.165, 1.54) is 0 Å². The van der Waals surface area contributed by atoms with Gasteiger partial charge in [-0.2, -0.15) is 0 Å². The number of hydrogen-bond acceptors (Lipinski definition) is 3. The zero-order valence-electron chi connectivity index (χ0n) is 12.7. The van der Waals surface area contributed by atoms with Gasteiger partial charge in [0.1, 0.15) is 12.4 Å². The Kier molecular flexibility index (Phi) is 5.60. The van der Waals surface area contributed by atoms with Gasteiger partial charge in [0.05, 0.1) is 12.2 Å². The molecular weight excluding hydrogens is 276 g/mol. The molecule has 0 fully saturated rings. The van der Waals surface area contributed by atoms with Crippen LogP contribution in [-0.4, -0.2) is 26.1 Å². The van der Waals surface area contributed by atoms with Gasteiger partial charge < -0.3 is 15.0 Å². The predicted molar refractivity (Wildman–Crippen MR) is 90.5 cm³/mol. The van der Waals surface area contributed by atoms with E-state index in [1.807, 2.05) is 54.6 Å². The third kappa shape index (κ3) is 4.12. The second kappa shape index (κ2) is 7.88. The highest BCUT2D eigenvalue weighted by Crippen LogP contribution is 2.23. The first kappa shape index (κ1) is 15.6. The van der Waals surface area contributed by atoms with Crippen molar-refractivity contribution in [1.82, 2.24) is 0 Å². The SMILES string of the molecule is C=CCOc1ccccc1NCC(=O)N(C)c1ccccc1. The molecule has 0 aliphatic heterocycles. The number of hydrogen-bond donors (Lipinski definition) is 1. The highest BCUT2D eigenvalue weighted by molar-refractivity contribution is 5.95. The number of rotatable bonds is 7. The van der Waals surface area contributed by atoms with E-state index in [0.29, 0.717) is 12.4 Å². The first-order valence-electron chi connectivity index (χ1n) is 7.10. The lowest BCUT2D eigenvalue weighted by Gasteiger charge is -2.18. The van der Waals surface area contributed by atoms with Crippen LogP contribution in [0.3, 0.4) is 0 Å². The molecule has 0 atom stereocenters. The summed E-state index contributed by atoms with van der Waals surface area (Å²) < 4.78 is 5.56. The summed E-state index contributed by atoms with van der Waals surface area (Å²) in [5.74, 6) is 0.683. The molecular formula is C18H20N2O2. The van der Waals surface area contributed by atoms with Gasteiger partial charge in [-0.1, -0.05) is 43.0 Å². The van der Waals surface area contributed by atoms with E-state index in [4.69, 9.17) is 4.74 Å². The summed E-state index contributed by atoms with van der Waals surface area (Å²) in [6.45, 7) is 4.25. The van der Waals surface area contributed by atoms with Crippen molar-refractivity contribution in [3.63, 3.8) is 0 Å². The molecule has 114 valence electrons. The normalized spacial score (nSPS) is 9.86. The lowest BCUT2D eigenvalue weighted by Crippen LogP contribution is -2.32. The van der Waals surface area contributed by atoms with Crippen molar-refractivity contribution in [2.45, 2.75) is 0 Å². The monoisotopic (exact) mass is 296 g/mol. The van der Waals surface area contributed by atoms with Crippen LogP contribution in [0, 0.1) is 0 Å². The molecule has 0 aromatic heterocycles. The van der Waals surface area contributed by atoms with Crippen LogP contribution in [0.2, 0.25) is 0 Å². The minimum absolute atomic E-state index is 0.0234. The summed E-state index contributed by atoms with van der Waals surface area (Å²) in [7, 11) is 1.76. The lowest BCUT2D eigenvalue weighted by molar-refractivity contribution is -0.116. The molecule has 0 saturated heterocycles. The van der Waals surface area contributed by atoms with E-state index in [2.05, 4.69) is 11.9 Å². The molecule has 4 heteroatoms. The standard InChI is InChI=1S/C18H20N2O2/c1-3-13-22-17-12-8-7-11-16(17)19-14-18(21)20(2)15-9-5-4-6-10-15/h3-12,19H,1,13-14H2,2H3. The zero-order chi connectivity index (χ0) is 15.8. The van der Waals surface area contributed by atoms with E-state index in [0.717, 1.165) is 11.4 Å². The number of nitrogens with zero attached hydrogens (tertiary/aromatic N) is 1. The van der Waals surface area contributed by atoms with E-state index >= 15 is 0 Å². The number of carbonyl (C=O) groups is 1. The van der Waals surface area contributed by atoms with Gasteiger partial charge in [-0.3, -0.25) is 4.79 Å². The Labute approximate surface area is 131 Å². The summed E-state index contributed by atoms with van der Waals surface area (Å²) in [5.41, 5.74) is 1.66. The van der Waals surface area contributed by atoms with Crippen LogP contribution in [0.1, 0.15) is 0 Å². The zero-order valence-corrected chi connectivity index (χ0v) is 12.7. The molecule has 1 amide bonds. The van der Waals surface area contributed by atoms with Crippen molar-refractivity contribution in [3.8, 4) is 5.75 Å². The minimum atomic E-state index is -0.0234. The van der Waals surface area contributed by atoms with Crippen LogP contribution >= 0.6 is 0 Å². The predicted octanol–water partition coefficient (Wildman–Crippen LogP) is 3.33. The number of likely N-dealkylation sites (N-methyl/N-ethyl adjacent to an activating group) is 1. The second-order valence-corrected chi connectivity index (χ2v) is 4.74. The van der Waals surface area contributed by atoms with Crippen molar-refractivity contribution in [2.24, 2.45) is 0 Å². The fourth-order valence-electron chi connectivity index (χ4n) is 1.97. The summed E-state index contributed by atoms with van der Waals surface area (Å²) in [6, 6.07) is 17.1. The van der Waals surface area contributed by atoms with Gasteiger partial charge in [0.25, 0.3) is 0 Å². The van der Waals surface area contributed by atoms with Crippen molar-refractivity contribution < 1.29 is 9.53 Å². The van der Waals surface area contributed by atoms with Gasteiger partial charge >= 0.3 is 0 Å². The van der Waals surface area contributed by atoms with Gasteiger partial charge in [0.2, 0.25) is 5.91 Å². The van der Waals surface area contributed by atoms with Crippen molar-refractivity contribution in [2.75, 3.05) is 30.4 Å². The Hall–Kier alpha value is -2.75. The largest absolute Gasteiger partial charge is 0.487 e. The van der Waals surface area contributed by atoms with Crippen LogP contribution in [0.5, 0.6) is 5.75 Å². The van der Waals surface area contributed by atoms with Crippen molar-refractivity contribution in [1.29, 1.82) is 0 Å². The highest BCUT2D eigenvalue weighted by Gasteiger charge is 2.11. The lowest BCUT2D eigenvalue weighted by atomic mass is 10.2. The first-order chi connectivity index (χ1) is 10.7. The maximum absolute atomic E-state index is 12.2. The number of carbonyl (C=O) groups excluding carboxylic acids is 1. The minimum Gasteiger partial charge on any atom is -0.487 e. The fraction of sp³-hybridized carbons (Fsp3) is 0.167. The Balaban J connectivity index is 1.98. The summed E-state index contributed by atoms with van der Waals surface area (Å²) in [4.78, 5) is 13.9. The highest BCUT2D eigenvalue weighted by atomic mass is 16.5. The third-order valence-electron chi connectivity index (χ3n) is 3.19. The molecule has 0 radical (unpaired) electrons. The molecule has 0 bridgehead atoms. The smallest absolute Gasteiger partial charge is 0.246 e. The fourth-order valence-corrected chi connectivity index (χ4v) is 1.97. The second-order valence-electron chi connectivity index (χ2n) is 4.74. The molecule has 4 nitrogen and oxygen atoms in total. The Bertz CT molecular complexity index is 626. The van der Waals surface area contributed by atoms with Gasteiger partial charge in [0.15, 0.2) is 0 Å². The van der Waals surface area contributed by atoms with Crippen molar-refractivity contribution >= 4 is 17.3 Å². The quantitative estimate of drug-likeness (QED) is 0.797. The number of amides is 1. The molecule has 0 aliphatic carbocycles. The maximum atomic E-state index is 12.2. The molecule has 0 saturated carbocycles. The molecule has 0 aliphatic rings. The average Bonchev–Trinajstić information content (AvgIpc) is 2.58. The van der Waals surface area contributed by atoms with Gasteiger partial charge in [-0.15, -0.1) is 0 Å². The summed E-state index contributed by atoms with van der Waals surface area (Å²) >= 11 is 0. The summed E-state index contributed by atoms with van der Waals surface area (Å²) in [6.07, 6.45) is 1.69. The molecule has 2 aromatic rings. The van der Waals surface area contributed by atoms with Crippen molar-refractivity contribution in [3.05, 3.63) is 67.3 Å². The Morgan fingerprint density at radius 1 is 1.18 bits per heavy atom. The molecule has 0 heterocycles. The number of benzene rings is 2. The molecule has 0 spiro atoms. The van der Waals surface area contributed by atoms with E-state index < -0.39 is 0 Å². The van der Waals surface area contributed by atoms with Crippen LogP contribution in [0.15, 0.2) is 67.3 Å². The third-order valence-corrected chi connectivity index (χ3v) is 3.19. The van der Waals surface area contributed by atoms with Crippen LogP contribution in [0.25, 0.3) is 0 Å². The molecule has 2 aromatic carbocycles. The molecule has 1 N–H and O–H groups in total. The number of nitrogens with one attached hydrogen (secondary N) is 1. The summed E-state index contributed by atoms with van der Waals surface area (Å²) in [5, 5.41) is 3.12. The number of para-hydroxylation sites is 3. The molecule has 2 rings (SSSR count). The van der Waals surface area contributed by atoms with Crippen LogP contribution in [-0.2, 0) is 4.79 Å². The Morgan fingerprint density at radius 3 is 2.59 bits per heavy atom. The van der Waals surface area contributed by atoms with E-state index in [9.17, 15) is 4.79 Å². The Morgan fingerprint density at radius 2 is 1.86 bits per heavy atom. The van der Waals surface area contributed by atoms with Crippen LogP contribution < -0.4 is 15.0 Å². The average molecular weight is 296 g/mol. The maximum Gasteiger partial charge on any atom is 0.246 e. The molecule has 0 unspecified atom stereocenters. The topological polar surface area (TPSA) is 41.6 Å². The van der Waals surface area contributed by atoms with Gasteiger partial charge in [-0.25, -0.2) is 0 Å². The van der Waals surface area contributed by atoms with E-state index in [-0.39, 0.29) is 12.5 Å².